The van der Waals surface area contributed by atoms with Gasteiger partial charge in [0.15, 0.2) is 0 Å². The van der Waals surface area contributed by atoms with Crippen molar-refractivity contribution in [3.8, 4) is 0 Å². The highest BCUT2D eigenvalue weighted by Crippen LogP contribution is 2.40. The average Bonchev–Trinajstić information content (AvgIpc) is 2.67. The lowest BCUT2D eigenvalue weighted by molar-refractivity contribution is 0.263. The monoisotopic (exact) mass is 212 g/mol. The van der Waals surface area contributed by atoms with Crippen molar-refractivity contribution >= 4 is 0 Å². The summed E-state index contributed by atoms with van der Waals surface area (Å²) < 4.78 is 0. The number of nitrogens with two attached hydrogens (primary N) is 1. The van der Waals surface area contributed by atoms with Crippen LogP contribution in [-0.2, 0) is 0 Å². The van der Waals surface area contributed by atoms with Crippen molar-refractivity contribution in [1.82, 2.24) is 5.32 Å². The topological polar surface area (TPSA) is 38.0 Å². The highest BCUT2D eigenvalue weighted by molar-refractivity contribution is 4.86. The number of hydrogen-bond donors (Lipinski definition) is 2. The predicted molar refractivity (Wildman–Crippen MR) is 66.9 cm³/mol. The summed E-state index contributed by atoms with van der Waals surface area (Å²) in [5, 5.41) is 3.58. The van der Waals surface area contributed by atoms with Crippen LogP contribution in [0, 0.1) is 11.3 Å². The Morgan fingerprint density at radius 3 is 2.33 bits per heavy atom. The molecule has 1 aliphatic carbocycles. The van der Waals surface area contributed by atoms with E-state index in [2.05, 4.69) is 26.1 Å². The van der Waals surface area contributed by atoms with Crippen LogP contribution in [-0.4, -0.2) is 19.1 Å². The number of nitrogens with one attached hydrogen (secondary N) is 1. The van der Waals surface area contributed by atoms with E-state index >= 15 is 0 Å². The van der Waals surface area contributed by atoms with Crippen LogP contribution in [0.5, 0.6) is 0 Å². The molecule has 0 aromatic carbocycles. The average molecular weight is 212 g/mol. The van der Waals surface area contributed by atoms with Gasteiger partial charge in [-0.25, -0.2) is 0 Å². The third kappa shape index (κ3) is 3.76. The van der Waals surface area contributed by atoms with Gasteiger partial charge >= 0.3 is 0 Å². The van der Waals surface area contributed by atoms with Crippen LogP contribution in [0.2, 0.25) is 0 Å². The van der Waals surface area contributed by atoms with Gasteiger partial charge in [-0.1, -0.05) is 33.6 Å². The van der Waals surface area contributed by atoms with Gasteiger partial charge in [0.2, 0.25) is 0 Å². The lowest BCUT2D eigenvalue weighted by Crippen LogP contribution is -2.41. The van der Waals surface area contributed by atoms with E-state index in [1.807, 2.05) is 0 Å². The van der Waals surface area contributed by atoms with Gasteiger partial charge in [-0.3, -0.25) is 0 Å². The van der Waals surface area contributed by atoms with Gasteiger partial charge in [0.05, 0.1) is 0 Å². The SMILES string of the molecule is CCC1(CNCC(N)C(C)C)CCCC1. The van der Waals surface area contributed by atoms with Crippen LogP contribution in [0.25, 0.3) is 0 Å². The summed E-state index contributed by atoms with van der Waals surface area (Å²) in [7, 11) is 0. The molecule has 1 saturated carbocycles. The van der Waals surface area contributed by atoms with E-state index in [-0.39, 0.29) is 0 Å². The summed E-state index contributed by atoms with van der Waals surface area (Å²) in [6.45, 7) is 8.85. The van der Waals surface area contributed by atoms with E-state index in [0.29, 0.717) is 17.4 Å². The largest absolute Gasteiger partial charge is 0.326 e. The summed E-state index contributed by atoms with van der Waals surface area (Å²) in [5.41, 5.74) is 6.62. The van der Waals surface area contributed by atoms with Gasteiger partial charge in [-0.2, -0.15) is 0 Å². The van der Waals surface area contributed by atoms with Gasteiger partial charge < -0.3 is 11.1 Å². The van der Waals surface area contributed by atoms with Crippen molar-refractivity contribution in [2.45, 2.75) is 58.9 Å². The van der Waals surface area contributed by atoms with E-state index < -0.39 is 0 Å². The maximum absolute atomic E-state index is 6.02. The lowest BCUT2D eigenvalue weighted by atomic mass is 9.83. The lowest BCUT2D eigenvalue weighted by Gasteiger charge is -2.29. The molecule has 1 atom stereocenters. The molecule has 0 amide bonds. The van der Waals surface area contributed by atoms with Crippen LogP contribution in [0.15, 0.2) is 0 Å². The van der Waals surface area contributed by atoms with E-state index in [0.717, 1.165) is 6.54 Å². The minimum Gasteiger partial charge on any atom is -0.326 e. The fourth-order valence-electron chi connectivity index (χ4n) is 2.52. The second-order valence-corrected chi connectivity index (χ2v) is 5.60. The molecule has 0 aliphatic heterocycles. The predicted octanol–water partition coefficient (Wildman–Crippen LogP) is 2.53. The zero-order valence-corrected chi connectivity index (χ0v) is 10.7. The normalized spacial score (nSPS) is 22.2. The molecule has 90 valence electrons. The number of hydrogen-bond acceptors (Lipinski definition) is 2. The second-order valence-electron chi connectivity index (χ2n) is 5.60. The van der Waals surface area contributed by atoms with Crippen molar-refractivity contribution in [2.75, 3.05) is 13.1 Å². The molecule has 1 aliphatic rings. The minimum absolute atomic E-state index is 0.306. The molecule has 0 aromatic heterocycles. The molecule has 1 fully saturated rings. The molecular formula is C13H28N2. The molecule has 3 N–H and O–H groups in total. The molecule has 0 spiro atoms. The second kappa shape index (κ2) is 5.86. The highest BCUT2D eigenvalue weighted by Gasteiger charge is 2.31. The van der Waals surface area contributed by atoms with E-state index in [4.69, 9.17) is 5.73 Å². The maximum Gasteiger partial charge on any atom is 0.0188 e. The van der Waals surface area contributed by atoms with Crippen molar-refractivity contribution in [3.05, 3.63) is 0 Å². The third-order valence-electron chi connectivity index (χ3n) is 4.15. The molecule has 0 heterocycles. The quantitative estimate of drug-likeness (QED) is 0.710. The molecule has 0 aromatic rings. The summed E-state index contributed by atoms with van der Waals surface area (Å²) in [4.78, 5) is 0. The molecule has 0 saturated heterocycles. The summed E-state index contributed by atoms with van der Waals surface area (Å²) >= 11 is 0. The fraction of sp³-hybridized carbons (Fsp3) is 1.00. The maximum atomic E-state index is 6.02. The van der Waals surface area contributed by atoms with E-state index in [9.17, 15) is 0 Å². The highest BCUT2D eigenvalue weighted by atomic mass is 14.9. The molecule has 1 rings (SSSR count). The smallest absolute Gasteiger partial charge is 0.0188 e. The Morgan fingerprint density at radius 2 is 1.87 bits per heavy atom. The molecule has 2 heteroatoms. The van der Waals surface area contributed by atoms with Gasteiger partial charge in [-0.15, -0.1) is 0 Å². The Labute approximate surface area is 95.0 Å². The van der Waals surface area contributed by atoms with Gasteiger partial charge in [0, 0.05) is 19.1 Å². The Bertz CT molecular complexity index is 171. The third-order valence-corrected chi connectivity index (χ3v) is 4.15. The van der Waals surface area contributed by atoms with Gasteiger partial charge in [-0.05, 0) is 30.6 Å². The van der Waals surface area contributed by atoms with Crippen molar-refractivity contribution in [3.63, 3.8) is 0 Å². The first kappa shape index (κ1) is 13.0. The van der Waals surface area contributed by atoms with Crippen LogP contribution in [0.3, 0.4) is 0 Å². The Morgan fingerprint density at radius 1 is 1.27 bits per heavy atom. The van der Waals surface area contributed by atoms with Gasteiger partial charge in [0.1, 0.15) is 0 Å². The first-order valence-corrected chi connectivity index (χ1v) is 6.56. The fourth-order valence-corrected chi connectivity index (χ4v) is 2.52. The molecule has 0 radical (unpaired) electrons. The summed E-state index contributed by atoms with van der Waals surface area (Å²) in [5.74, 6) is 0.582. The molecule has 2 nitrogen and oxygen atoms in total. The van der Waals surface area contributed by atoms with Crippen LogP contribution < -0.4 is 11.1 Å². The first-order valence-electron chi connectivity index (χ1n) is 6.56. The zero-order chi connectivity index (χ0) is 11.3. The van der Waals surface area contributed by atoms with Crippen LogP contribution in [0.4, 0.5) is 0 Å². The Kier molecular flexibility index (Phi) is 5.07. The van der Waals surface area contributed by atoms with E-state index in [1.54, 1.807) is 0 Å². The molecule has 15 heavy (non-hydrogen) atoms. The summed E-state index contributed by atoms with van der Waals surface area (Å²) in [6.07, 6.45) is 6.98. The van der Waals surface area contributed by atoms with Gasteiger partial charge in [0.25, 0.3) is 0 Å². The van der Waals surface area contributed by atoms with E-state index in [1.165, 1.54) is 38.6 Å². The standard InChI is InChI=1S/C13H28N2/c1-4-13(7-5-6-8-13)10-15-9-12(14)11(2)3/h11-12,15H,4-10,14H2,1-3H3. The van der Waals surface area contributed by atoms with Crippen molar-refractivity contribution < 1.29 is 0 Å². The van der Waals surface area contributed by atoms with Crippen molar-refractivity contribution in [1.29, 1.82) is 0 Å². The number of rotatable bonds is 6. The first-order chi connectivity index (χ1) is 7.09. The minimum atomic E-state index is 0.306. The molecule has 0 bridgehead atoms. The molecular weight excluding hydrogens is 184 g/mol. The molecule has 1 unspecified atom stereocenters. The Hall–Kier alpha value is -0.0800. The van der Waals surface area contributed by atoms with Crippen LogP contribution in [0.1, 0.15) is 52.9 Å². The van der Waals surface area contributed by atoms with Crippen LogP contribution >= 0.6 is 0 Å². The summed E-state index contributed by atoms with van der Waals surface area (Å²) in [6, 6.07) is 0.306. The zero-order valence-electron chi connectivity index (χ0n) is 10.7. The Balaban J connectivity index is 2.23. The van der Waals surface area contributed by atoms with Crippen molar-refractivity contribution in [2.24, 2.45) is 17.1 Å².